The molecule has 16 heavy (non-hydrogen) atoms. The van der Waals surface area contributed by atoms with Crippen LogP contribution < -0.4 is 4.74 Å². The van der Waals surface area contributed by atoms with E-state index in [9.17, 15) is 13.2 Å². The van der Waals surface area contributed by atoms with E-state index in [4.69, 9.17) is 9.47 Å². The van der Waals surface area contributed by atoms with Crippen LogP contribution in [0.2, 0.25) is 0 Å². The maximum Gasteiger partial charge on any atom is 0.418 e. The van der Waals surface area contributed by atoms with Gasteiger partial charge in [0.1, 0.15) is 5.75 Å². The Morgan fingerprint density at radius 2 is 1.94 bits per heavy atom. The van der Waals surface area contributed by atoms with Crippen molar-refractivity contribution in [3.8, 4) is 5.75 Å². The van der Waals surface area contributed by atoms with Gasteiger partial charge < -0.3 is 9.47 Å². The minimum Gasteiger partial charge on any atom is -0.497 e. The molecule has 0 amide bonds. The van der Waals surface area contributed by atoms with E-state index >= 15 is 0 Å². The maximum absolute atomic E-state index is 12.7. The molecule has 1 aromatic carbocycles. The zero-order chi connectivity index (χ0) is 11.9. The van der Waals surface area contributed by atoms with E-state index in [1.165, 1.54) is 13.2 Å². The van der Waals surface area contributed by atoms with E-state index in [0.717, 1.165) is 0 Å². The van der Waals surface area contributed by atoms with Gasteiger partial charge in [-0.15, -0.1) is 0 Å². The van der Waals surface area contributed by atoms with E-state index in [2.05, 4.69) is 0 Å². The molecule has 1 aromatic rings. The summed E-state index contributed by atoms with van der Waals surface area (Å²) in [5.74, 6) is 0.408. The molecular formula is C11H11F3O2. The number of halogens is 3. The highest BCUT2D eigenvalue weighted by Gasteiger charge is 2.48. The molecule has 2 rings (SSSR count). The Balaban J connectivity index is 2.46. The Hall–Kier alpha value is -1.23. The molecule has 0 spiro atoms. The van der Waals surface area contributed by atoms with E-state index in [0.29, 0.717) is 11.3 Å². The standard InChI is InChI=1S/C11H11F3O2/c1-6-8-4-3-7(15-2)5-9(8)10(16-6)11(12,13)14/h3-6,10H,1-2H3/t6-,10?/m0/s1. The fraction of sp³-hybridized carbons (Fsp3) is 0.455. The Kier molecular flexibility index (Phi) is 2.58. The summed E-state index contributed by atoms with van der Waals surface area (Å²) in [4.78, 5) is 0. The third-order valence-electron chi connectivity index (χ3n) is 2.65. The topological polar surface area (TPSA) is 18.5 Å². The lowest BCUT2D eigenvalue weighted by Gasteiger charge is -2.15. The first-order valence-electron chi connectivity index (χ1n) is 4.83. The van der Waals surface area contributed by atoms with Crippen molar-refractivity contribution in [1.29, 1.82) is 0 Å². The van der Waals surface area contributed by atoms with Crippen molar-refractivity contribution in [2.75, 3.05) is 7.11 Å². The molecule has 0 radical (unpaired) electrons. The molecule has 0 N–H and O–H groups in total. The van der Waals surface area contributed by atoms with Gasteiger partial charge in [-0.05, 0) is 30.2 Å². The third-order valence-corrected chi connectivity index (χ3v) is 2.65. The van der Waals surface area contributed by atoms with Gasteiger partial charge in [0.25, 0.3) is 0 Å². The van der Waals surface area contributed by atoms with E-state index < -0.39 is 18.4 Å². The summed E-state index contributed by atoms with van der Waals surface area (Å²) in [5, 5.41) is 0. The van der Waals surface area contributed by atoms with Gasteiger partial charge in [-0.3, -0.25) is 0 Å². The summed E-state index contributed by atoms with van der Waals surface area (Å²) >= 11 is 0. The predicted octanol–water partition coefficient (Wildman–Crippen LogP) is 3.39. The van der Waals surface area contributed by atoms with Crippen LogP contribution in [-0.4, -0.2) is 13.3 Å². The Labute approximate surface area is 91.0 Å². The third kappa shape index (κ3) is 1.75. The lowest BCUT2D eigenvalue weighted by Crippen LogP contribution is -2.20. The fourth-order valence-corrected chi connectivity index (χ4v) is 1.88. The van der Waals surface area contributed by atoms with Crippen molar-refractivity contribution in [3.63, 3.8) is 0 Å². The molecule has 0 aliphatic carbocycles. The summed E-state index contributed by atoms with van der Waals surface area (Å²) in [6.45, 7) is 1.61. The van der Waals surface area contributed by atoms with E-state index in [1.54, 1.807) is 19.1 Å². The molecule has 88 valence electrons. The number of benzene rings is 1. The van der Waals surface area contributed by atoms with Crippen LogP contribution in [0.5, 0.6) is 5.75 Å². The number of rotatable bonds is 1. The normalized spacial score (nSPS) is 24.3. The van der Waals surface area contributed by atoms with Crippen molar-refractivity contribution in [1.82, 2.24) is 0 Å². The van der Waals surface area contributed by atoms with Gasteiger partial charge in [0.2, 0.25) is 0 Å². The predicted molar refractivity (Wildman–Crippen MR) is 51.3 cm³/mol. The molecule has 0 saturated heterocycles. The lowest BCUT2D eigenvalue weighted by atomic mass is 10.0. The summed E-state index contributed by atoms with van der Waals surface area (Å²) in [5.41, 5.74) is 0.725. The van der Waals surface area contributed by atoms with Gasteiger partial charge in [-0.2, -0.15) is 13.2 Å². The molecule has 2 atom stereocenters. The van der Waals surface area contributed by atoms with E-state index in [-0.39, 0.29) is 5.56 Å². The molecule has 1 unspecified atom stereocenters. The lowest BCUT2D eigenvalue weighted by molar-refractivity contribution is -0.226. The van der Waals surface area contributed by atoms with Crippen LogP contribution in [0, 0.1) is 0 Å². The minimum absolute atomic E-state index is 0.152. The van der Waals surface area contributed by atoms with Gasteiger partial charge in [0, 0.05) is 0 Å². The summed E-state index contributed by atoms with van der Waals surface area (Å²) in [6.07, 6.45) is -6.76. The minimum atomic E-state index is -4.38. The fourth-order valence-electron chi connectivity index (χ4n) is 1.88. The summed E-state index contributed by atoms with van der Waals surface area (Å²) < 4.78 is 47.9. The van der Waals surface area contributed by atoms with Crippen LogP contribution in [0.25, 0.3) is 0 Å². The molecule has 0 saturated carbocycles. The number of hydrogen-bond donors (Lipinski definition) is 0. The number of hydrogen-bond acceptors (Lipinski definition) is 2. The van der Waals surface area contributed by atoms with Crippen LogP contribution in [0.15, 0.2) is 18.2 Å². The van der Waals surface area contributed by atoms with Gasteiger partial charge >= 0.3 is 6.18 Å². The van der Waals surface area contributed by atoms with Crippen LogP contribution in [-0.2, 0) is 4.74 Å². The van der Waals surface area contributed by atoms with Crippen molar-refractivity contribution in [2.24, 2.45) is 0 Å². The molecular weight excluding hydrogens is 221 g/mol. The number of methoxy groups -OCH3 is 1. The number of ether oxygens (including phenoxy) is 2. The molecule has 0 bridgehead atoms. The van der Waals surface area contributed by atoms with Crippen LogP contribution >= 0.6 is 0 Å². The first-order valence-corrected chi connectivity index (χ1v) is 4.83. The highest BCUT2D eigenvalue weighted by Crippen LogP contribution is 2.48. The molecule has 2 nitrogen and oxygen atoms in total. The number of alkyl halides is 3. The van der Waals surface area contributed by atoms with E-state index in [1.807, 2.05) is 0 Å². The van der Waals surface area contributed by atoms with Gasteiger partial charge in [0.15, 0.2) is 6.10 Å². The number of fused-ring (bicyclic) bond motifs is 1. The van der Waals surface area contributed by atoms with Crippen molar-refractivity contribution in [2.45, 2.75) is 25.3 Å². The highest BCUT2D eigenvalue weighted by atomic mass is 19.4. The van der Waals surface area contributed by atoms with Crippen LogP contribution in [0.1, 0.15) is 30.3 Å². The second-order valence-electron chi connectivity index (χ2n) is 3.69. The average Bonchev–Trinajstić information content (AvgIpc) is 2.55. The monoisotopic (exact) mass is 232 g/mol. The summed E-state index contributed by atoms with van der Waals surface area (Å²) in [6, 6.07) is 4.64. The molecule has 5 heteroatoms. The molecule has 1 heterocycles. The first kappa shape index (κ1) is 11.3. The second-order valence-corrected chi connectivity index (χ2v) is 3.69. The van der Waals surface area contributed by atoms with Gasteiger partial charge in [-0.25, -0.2) is 0 Å². The zero-order valence-corrected chi connectivity index (χ0v) is 8.84. The molecule has 1 aliphatic rings. The SMILES string of the molecule is COc1ccc2c(c1)C(C(F)(F)F)O[C@H]2C. The van der Waals surface area contributed by atoms with Crippen LogP contribution in [0.3, 0.4) is 0 Å². The Morgan fingerprint density at radius 1 is 1.25 bits per heavy atom. The van der Waals surface area contributed by atoms with Crippen molar-refractivity contribution in [3.05, 3.63) is 29.3 Å². The quantitative estimate of drug-likeness (QED) is 0.738. The Morgan fingerprint density at radius 3 is 2.50 bits per heavy atom. The zero-order valence-electron chi connectivity index (χ0n) is 8.84. The molecule has 0 aromatic heterocycles. The second kappa shape index (κ2) is 3.66. The van der Waals surface area contributed by atoms with Gasteiger partial charge in [-0.1, -0.05) is 6.07 Å². The van der Waals surface area contributed by atoms with Crippen molar-refractivity contribution < 1.29 is 22.6 Å². The van der Waals surface area contributed by atoms with Gasteiger partial charge in [0.05, 0.1) is 13.2 Å². The smallest absolute Gasteiger partial charge is 0.418 e. The van der Waals surface area contributed by atoms with Crippen molar-refractivity contribution >= 4 is 0 Å². The largest absolute Gasteiger partial charge is 0.497 e. The molecule has 1 aliphatic heterocycles. The average molecular weight is 232 g/mol. The highest BCUT2D eigenvalue weighted by molar-refractivity contribution is 5.41. The summed E-state index contributed by atoms with van der Waals surface area (Å²) in [7, 11) is 1.42. The molecule has 0 fully saturated rings. The Bertz CT molecular complexity index is 401. The van der Waals surface area contributed by atoms with Crippen LogP contribution in [0.4, 0.5) is 13.2 Å². The first-order chi connectivity index (χ1) is 7.43. The maximum atomic E-state index is 12.7.